The number of H-pyrrole nitrogens is 1. The van der Waals surface area contributed by atoms with Crippen molar-refractivity contribution in [2.24, 2.45) is 11.8 Å². The molecule has 6 nitrogen and oxygen atoms in total. The number of aromatic nitrogens is 2. The summed E-state index contributed by atoms with van der Waals surface area (Å²) in [7, 11) is -3.26. The summed E-state index contributed by atoms with van der Waals surface area (Å²) < 4.78 is 25.2. The van der Waals surface area contributed by atoms with Crippen LogP contribution < -0.4 is 15.4 Å². The number of hydrogen-bond donors (Lipinski definition) is 3. The second-order valence-electron chi connectivity index (χ2n) is 9.44. The number of aliphatic hydroxyl groups is 1. The van der Waals surface area contributed by atoms with Gasteiger partial charge in [0.15, 0.2) is 0 Å². The number of nitrogens with one attached hydrogen (secondary N) is 2. The lowest BCUT2D eigenvalue weighted by Crippen LogP contribution is -2.32. The fourth-order valence-corrected chi connectivity index (χ4v) is 5.02. The lowest BCUT2D eigenvalue weighted by molar-refractivity contribution is 0.0773. The summed E-state index contributed by atoms with van der Waals surface area (Å²) in [6.07, 6.45) is 16.0. The molecule has 3 atom stereocenters. The molecule has 0 spiro atoms. The molecule has 2 aliphatic rings. The van der Waals surface area contributed by atoms with Crippen molar-refractivity contribution in [1.82, 2.24) is 14.7 Å². The van der Waals surface area contributed by atoms with Crippen LogP contribution in [0.3, 0.4) is 0 Å². The monoisotopic (exact) mass is 465 g/mol. The summed E-state index contributed by atoms with van der Waals surface area (Å²) in [5.41, 5.74) is 1.75. The Morgan fingerprint density at radius 3 is 2.67 bits per heavy atom. The number of fused-ring (bicyclic) bond motifs is 1. The van der Waals surface area contributed by atoms with E-state index in [4.69, 9.17) is 4.98 Å². The predicted molar refractivity (Wildman–Crippen MR) is 133 cm³/mol. The number of imidazole rings is 1. The minimum Gasteiger partial charge on any atom is -0.386 e. The van der Waals surface area contributed by atoms with Gasteiger partial charge in [0, 0.05) is 11.6 Å². The van der Waals surface area contributed by atoms with Crippen LogP contribution in [0.5, 0.6) is 0 Å². The van der Waals surface area contributed by atoms with Crippen LogP contribution in [-0.4, -0.2) is 29.7 Å². The quantitative estimate of drug-likeness (QED) is 0.611. The Kier molecular flexibility index (Phi) is 6.20. The molecule has 174 valence electrons. The van der Waals surface area contributed by atoms with E-state index >= 15 is 0 Å². The minimum absolute atomic E-state index is 0.132. The average Bonchev–Trinajstić information content (AvgIpc) is 3.12. The van der Waals surface area contributed by atoms with Gasteiger partial charge < -0.3 is 10.1 Å². The minimum atomic E-state index is -3.26. The van der Waals surface area contributed by atoms with Crippen LogP contribution >= 0.6 is 0 Å². The molecular weight excluding hydrogens is 434 g/mol. The zero-order valence-electron chi connectivity index (χ0n) is 19.4. The number of hydrogen-bond acceptors (Lipinski definition) is 4. The third-order valence-corrected chi connectivity index (χ3v) is 6.64. The molecule has 1 heterocycles. The molecule has 4 rings (SSSR count). The zero-order chi connectivity index (χ0) is 23.8. The van der Waals surface area contributed by atoms with Crippen LogP contribution in [0.25, 0.3) is 18.2 Å². The highest BCUT2D eigenvalue weighted by molar-refractivity contribution is 7.88. The molecule has 0 fully saturated rings. The van der Waals surface area contributed by atoms with Gasteiger partial charge in [-0.1, -0.05) is 55.5 Å². The molecule has 0 radical (unpaired) electrons. The fourth-order valence-electron chi connectivity index (χ4n) is 4.44. The lowest BCUT2D eigenvalue weighted by atomic mass is 9.79. The van der Waals surface area contributed by atoms with Crippen LogP contribution in [0.4, 0.5) is 0 Å². The first-order valence-corrected chi connectivity index (χ1v) is 13.0. The first-order valence-electron chi connectivity index (χ1n) is 11.2. The number of aromatic amines is 1. The van der Waals surface area contributed by atoms with Crippen LogP contribution in [-0.2, 0) is 15.6 Å². The number of allylic oxidation sites excluding steroid dienone is 4. The maximum Gasteiger partial charge on any atom is 0.229 e. The van der Waals surface area contributed by atoms with Crippen LogP contribution in [0.15, 0.2) is 54.3 Å². The Bertz CT molecular complexity index is 1360. The molecule has 1 aromatic carbocycles. The molecule has 0 saturated carbocycles. The third kappa shape index (κ3) is 5.54. The maximum atomic E-state index is 11.4. The van der Waals surface area contributed by atoms with E-state index < -0.39 is 15.6 Å². The van der Waals surface area contributed by atoms with Gasteiger partial charge in [-0.15, -0.1) is 0 Å². The number of benzene rings is 1. The topological polar surface area (TPSA) is 95.1 Å². The van der Waals surface area contributed by atoms with E-state index in [2.05, 4.69) is 40.9 Å². The highest BCUT2D eigenvalue weighted by Crippen LogP contribution is 2.35. The molecule has 2 aromatic rings. The highest BCUT2D eigenvalue weighted by atomic mass is 32.2. The Morgan fingerprint density at radius 1 is 1.24 bits per heavy atom. The Labute approximate surface area is 195 Å². The summed E-state index contributed by atoms with van der Waals surface area (Å²) >= 11 is 0. The molecule has 3 unspecified atom stereocenters. The largest absolute Gasteiger partial charge is 0.386 e. The number of nitrogens with zero attached hydrogens (tertiary/aromatic N) is 1. The van der Waals surface area contributed by atoms with Crippen LogP contribution in [0.1, 0.15) is 50.1 Å². The molecule has 0 bridgehead atoms. The molecular formula is C26H31N3O3S. The van der Waals surface area contributed by atoms with Crippen molar-refractivity contribution in [2.75, 3.05) is 6.26 Å². The zero-order valence-corrected chi connectivity index (χ0v) is 20.2. The van der Waals surface area contributed by atoms with E-state index in [0.717, 1.165) is 40.3 Å². The Morgan fingerprint density at radius 2 is 2.00 bits per heavy atom. The standard InChI is InChI=1S/C26H31N3O3S/c1-17-15-23-24(16-21(17)20-7-5-6-8-22(20)26(2,3)30)28-25(27-23)14-11-18-9-12-19(13-10-18)29-33(4,31)32/h5-9,11-18,21,29-30H,10H2,1-4H3,(H,27,28)/b14-11+. The molecule has 2 aliphatic carbocycles. The summed E-state index contributed by atoms with van der Waals surface area (Å²) in [6, 6.07) is 8.06. The molecule has 3 N–H and O–H groups in total. The highest BCUT2D eigenvalue weighted by Gasteiger charge is 2.27. The average molecular weight is 466 g/mol. The summed E-state index contributed by atoms with van der Waals surface area (Å²) in [5.74, 6) is 1.35. The van der Waals surface area contributed by atoms with Gasteiger partial charge in [0.2, 0.25) is 10.0 Å². The first-order chi connectivity index (χ1) is 15.5. The van der Waals surface area contributed by atoms with Crippen molar-refractivity contribution in [1.29, 1.82) is 0 Å². The second kappa shape index (κ2) is 8.80. The summed E-state index contributed by atoms with van der Waals surface area (Å²) in [6.45, 7) is 5.82. The Hall–Kier alpha value is -2.90. The summed E-state index contributed by atoms with van der Waals surface area (Å²) in [4.78, 5) is 8.17. The van der Waals surface area contributed by atoms with Gasteiger partial charge in [-0.25, -0.2) is 13.4 Å². The summed E-state index contributed by atoms with van der Waals surface area (Å²) in [5, 5.41) is 12.6. The van der Waals surface area contributed by atoms with E-state index in [1.54, 1.807) is 6.08 Å². The van der Waals surface area contributed by atoms with Crippen molar-refractivity contribution < 1.29 is 13.5 Å². The van der Waals surface area contributed by atoms with E-state index in [-0.39, 0.29) is 17.8 Å². The Balaban J connectivity index is 1.55. The molecule has 1 aromatic heterocycles. The van der Waals surface area contributed by atoms with E-state index in [0.29, 0.717) is 5.70 Å². The molecule has 0 amide bonds. The predicted octanol–water partition coefficient (Wildman–Crippen LogP) is 2.65. The SMILES string of the molecule is CC1C=c2[nH]c(/C=C/C3C=CC(NS(C)(=O)=O)=CC3)nc2=CC1c1ccccc1C(C)(C)O. The van der Waals surface area contributed by atoms with Gasteiger partial charge in [0.25, 0.3) is 0 Å². The number of rotatable bonds is 6. The van der Waals surface area contributed by atoms with Crippen molar-refractivity contribution in [3.05, 3.63) is 81.9 Å². The molecule has 33 heavy (non-hydrogen) atoms. The van der Waals surface area contributed by atoms with Crippen molar-refractivity contribution in [3.8, 4) is 0 Å². The van der Waals surface area contributed by atoms with Gasteiger partial charge in [-0.05, 0) is 61.5 Å². The van der Waals surface area contributed by atoms with E-state index in [1.165, 1.54) is 0 Å². The van der Waals surface area contributed by atoms with Gasteiger partial charge in [-0.3, -0.25) is 4.72 Å². The normalized spacial score (nSPS) is 22.9. The van der Waals surface area contributed by atoms with Crippen LogP contribution in [0.2, 0.25) is 0 Å². The van der Waals surface area contributed by atoms with Gasteiger partial charge in [0.1, 0.15) is 5.82 Å². The molecule has 0 saturated heterocycles. The van der Waals surface area contributed by atoms with Crippen molar-refractivity contribution in [3.63, 3.8) is 0 Å². The molecule has 0 aliphatic heterocycles. The number of sulfonamides is 1. The smallest absolute Gasteiger partial charge is 0.229 e. The first kappa shape index (κ1) is 23.3. The van der Waals surface area contributed by atoms with Gasteiger partial charge >= 0.3 is 0 Å². The van der Waals surface area contributed by atoms with Crippen molar-refractivity contribution >= 4 is 28.3 Å². The third-order valence-electron chi connectivity index (χ3n) is 6.03. The lowest BCUT2D eigenvalue weighted by Gasteiger charge is -2.28. The van der Waals surface area contributed by atoms with E-state index in [9.17, 15) is 13.5 Å². The fraction of sp³-hybridized carbons (Fsp3) is 0.346. The van der Waals surface area contributed by atoms with Crippen molar-refractivity contribution in [2.45, 2.75) is 38.7 Å². The van der Waals surface area contributed by atoms with Gasteiger partial charge in [0.05, 0.1) is 22.6 Å². The van der Waals surface area contributed by atoms with Gasteiger partial charge in [-0.2, -0.15) is 0 Å². The van der Waals surface area contributed by atoms with E-state index in [1.807, 2.05) is 50.3 Å². The van der Waals surface area contributed by atoms with Crippen LogP contribution in [0, 0.1) is 11.8 Å². The second-order valence-corrected chi connectivity index (χ2v) is 11.2. The molecule has 7 heteroatoms. The maximum absolute atomic E-state index is 11.4.